The lowest BCUT2D eigenvalue weighted by Gasteiger charge is -2.12. The highest BCUT2D eigenvalue weighted by Gasteiger charge is 2.16. The van der Waals surface area contributed by atoms with E-state index in [1.54, 1.807) is 6.92 Å². The lowest BCUT2D eigenvalue weighted by Crippen LogP contribution is -2.22. The zero-order valence-corrected chi connectivity index (χ0v) is 14.1. The molecule has 9 heteroatoms. The summed E-state index contributed by atoms with van der Waals surface area (Å²) in [5.41, 5.74) is 0.394. The second kappa shape index (κ2) is 7.29. The first-order chi connectivity index (χ1) is 11.2. The Morgan fingerprint density at radius 2 is 1.75 bits per heavy atom. The topological polar surface area (TPSA) is 89.3 Å². The van der Waals surface area contributed by atoms with E-state index in [0.29, 0.717) is 10.6 Å². The number of hydrogen-bond acceptors (Lipinski definition) is 4. The Bertz CT molecular complexity index is 856. The van der Waals surface area contributed by atoms with Gasteiger partial charge in [0.25, 0.3) is 0 Å². The smallest absolute Gasteiger partial charge is 0.238 e. The number of halogens is 2. The molecule has 1 unspecified atom stereocenters. The van der Waals surface area contributed by atoms with Gasteiger partial charge in [-0.3, -0.25) is 4.79 Å². The van der Waals surface area contributed by atoms with Crippen LogP contribution in [0.1, 0.15) is 6.92 Å². The molecule has 1 amide bonds. The molecular weight excluding hydrogens is 358 g/mol. The van der Waals surface area contributed by atoms with Crippen LogP contribution in [0.5, 0.6) is 0 Å². The maximum atomic E-state index is 13.2. The Morgan fingerprint density at radius 1 is 1.12 bits per heavy atom. The molecule has 0 aromatic heterocycles. The third-order valence-electron chi connectivity index (χ3n) is 3.02. The summed E-state index contributed by atoms with van der Waals surface area (Å²) >= 11 is 1.07. The molecule has 24 heavy (non-hydrogen) atoms. The Balaban J connectivity index is 2.02. The molecule has 0 bridgehead atoms. The molecule has 5 nitrogen and oxygen atoms in total. The van der Waals surface area contributed by atoms with Gasteiger partial charge < -0.3 is 5.32 Å². The highest BCUT2D eigenvalue weighted by Crippen LogP contribution is 2.25. The quantitative estimate of drug-likeness (QED) is 0.790. The van der Waals surface area contributed by atoms with E-state index in [-0.39, 0.29) is 10.8 Å². The molecule has 0 aliphatic carbocycles. The molecule has 2 rings (SSSR count). The van der Waals surface area contributed by atoms with Gasteiger partial charge >= 0.3 is 0 Å². The van der Waals surface area contributed by atoms with Gasteiger partial charge in [0.05, 0.1) is 10.1 Å². The van der Waals surface area contributed by atoms with Gasteiger partial charge in [-0.05, 0) is 49.4 Å². The largest absolute Gasteiger partial charge is 0.325 e. The van der Waals surface area contributed by atoms with Gasteiger partial charge in [0, 0.05) is 10.6 Å². The van der Waals surface area contributed by atoms with Crippen LogP contribution in [0.3, 0.4) is 0 Å². The van der Waals surface area contributed by atoms with Gasteiger partial charge in [0.2, 0.25) is 15.9 Å². The van der Waals surface area contributed by atoms with E-state index in [0.717, 1.165) is 23.9 Å². The van der Waals surface area contributed by atoms with Crippen molar-refractivity contribution >= 4 is 33.4 Å². The zero-order valence-electron chi connectivity index (χ0n) is 12.5. The third-order valence-corrected chi connectivity index (χ3v) is 5.05. The Hall–Kier alpha value is -1.97. The van der Waals surface area contributed by atoms with Crippen LogP contribution < -0.4 is 10.5 Å². The van der Waals surface area contributed by atoms with Gasteiger partial charge in [-0.2, -0.15) is 0 Å². The Labute approximate surface area is 142 Å². The summed E-state index contributed by atoms with van der Waals surface area (Å²) in [6, 6.07) is 8.77. The monoisotopic (exact) mass is 372 g/mol. The number of nitrogens with one attached hydrogen (secondary N) is 1. The predicted octanol–water partition coefficient (Wildman–Crippen LogP) is 2.73. The maximum Gasteiger partial charge on any atom is 0.238 e. The molecule has 0 saturated heterocycles. The van der Waals surface area contributed by atoms with E-state index in [1.807, 2.05) is 0 Å². The summed E-state index contributed by atoms with van der Waals surface area (Å²) < 4.78 is 48.4. The van der Waals surface area contributed by atoms with Crippen LogP contribution >= 0.6 is 11.8 Å². The molecule has 0 aliphatic rings. The van der Waals surface area contributed by atoms with Gasteiger partial charge in [0.1, 0.15) is 0 Å². The summed E-state index contributed by atoms with van der Waals surface area (Å²) in [5.74, 6) is -2.30. The first-order valence-electron chi connectivity index (χ1n) is 6.72. The fraction of sp³-hybridized carbons (Fsp3) is 0.133. The third kappa shape index (κ3) is 4.76. The van der Waals surface area contributed by atoms with Crippen molar-refractivity contribution in [3.63, 3.8) is 0 Å². The summed E-state index contributed by atoms with van der Waals surface area (Å²) in [6.45, 7) is 1.61. The van der Waals surface area contributed by atoms with Crippen LogP contribution in [0.4, 0.5) is 14.5 Å². The van der Waals surface area contributed by atoms with Crippen molar-refractivity contribution in [2.24, 2.45) is 5.14 Å². The second-order valence-corrected chi connectivity index (χ2v) is 7.87. The molecule has 0 spiro atoms. The number of primary sulfonamides is 1. The van der Waals surface area contributed by atoms with Crippen LogP contribution in [-0.2, 0) is 14.8 Å². The number of thioether (sulfide) groups is 1. The number of hydrogen-bond donors (Lipinski definition) is 2. The van der Waals surface area contributed by atoms with Gasteiger partial charge in [0.15, 0.2) is 11.6 Å². The molecule has 128 valence electrons. The van der Waals surface area contributed by atoms with Crippen LogP contribution in [0, 0.1) is 11.6 Å². The van der Waals surface area contributed by atoms with Crippen molar-refractivity contribution in [3.8, 4) is 0 Å². The van der Waals surface area contributed by atoms with Crippen molar-refractivity contribution in [1.82, 2.24) is 0 Å². The van der Waals surface area contributed by atoms with Crippen molar-refractivity contribution in [3.05, 3.63) is 54.1 Å². The molecular formula is C15H14F2N2O3S2. The Morgan fingerprint density at radius 3 is 2.29 bits per heavy atom. The summed E-state index contributed by atoms with van der Waals surface area (Å²) in [6.07, 6.45) is 0. The van der Waals surface area contributed by atoms with Gasteiger partial charge in [-0.1, -0.05) is 0 Å². The molecule has 0 heterocycles. The molecule has 2 aromatic carbocycles. The number of rotatable bonds is 5. The standard InChI is InChI=1S/C15H14F2N2O3S2/c1-9(23-11-4-7-13(16)14(17)8-11)15(20)19-10-2-5-12(6-3-10)24(18,21)22/h2-9H,1H3,(H,19,20)(H2,18,21,22). The Kier molecular flexibility index (Phi) is 5.58. The van der Waals surface area contributed by atoms with Crippen LogP contribution in [0.2, 0.25) is 0 Å². The van der Waals surface area contributed by atoms with Gasteiger partial charge in [-0.15, -0.1) is 11.8 Å². The minimum Gasteiger partial charge on any atom is -0.325 e. The molecule has 0 aliphatic heterocycles. The molecule has 0 radical (unpaired) electrons. The van der Waals surface area contributed by atoms with Crippen molar-refractivity contribution in [2.75, 3.05) is 5.32 Å². The average Bonchev–Trinajstić information content (AvgIpc) is 2.50. The number of amides is 1. The fourth-order valence-corrected chi connectivity index (χ4v) is 3.19. The maximum absolute atomic E-state index is 13.2. The fourth-order valence-electron chi connectivity index (χ4n) is 1.78. The number of carbonyl (C=O) groups is 1. The van der Waals surface area contributed by atoms with E-state index < -0.39 is 26.9 Å². The van der Waals surface area contributed by atoms with Crippen LogP contribution in [0.15, 0.2) is 52.3 Å². The number of anilines is 1. The normalized spacial score (nSPS) is 12.7. The number of sulfonamides is 1. The van der Waals surface area contributed by atoms with Crippen LogP contribution in [0.25, 0.3) is 0 Å². The van der Waals surface area contributed by atoms with E-state index in [4.69, 9.17) is 5.14 Å². The number of carbonyl (C=O) groups excluding carboxylic acids is 1. The van der Waals surface area contributed by atoms with Crippen molar-refractivity contribution in [1.29, 1.82) is 0 Å². The number of nitrogens with two attached hydrogens (primary N) is 1. The first-order valence-corrected chi connectivity index (χ1v) is 9.15. The van der Waals surface area contributed by atoms with Crippen molar-refractivity contribution in [2.45, 2.75) is 22.0 Å². The minimum atomic E-state index is -3.80. The minimum absolute atomic E-state index is 0.0651. The highest BCUT2D eigenvalue weighted by molar-refractivity contribution is 8.00. The van der Waals surface area contributed by atoms with E-state index in [2.05, 4.69) is 5.32 Å². The molecule has 3 N–H and O–H groups in total. The predicted molar refractivity (Wildman–Crippen MR) is 88.1 cm³/mol. The summed E-state index contributed by atoms with van der Waals surface area (Å²) in [7, 11) is -3.80. The van der Waals surface area contributed by atoms with E-state index in [1.165, 1.54) is 30.3 Å². The van der Waals surface area contributed by atoms with E-state index in [9.17, 15) is 22.0 Å². The zero-order chi connectivity index (χ0) is 17.9. The second-order valence-electron chi connectivity index (χ2n) is 4.89. The lowest BCUT2D eigenvalue weighted by atomic mass is 10.3. The molecule has 0 fully saturated rings. The summed E-state index contributed by atoms with van der Waals surface area (Å²) in [4.78, 5) is 12.5. The molecule has 2 aromatic rings. The SMILES string of the molecule is CC(Sc1ccc(F)c(F)c1)C(=O)Nc1ccc(S(N)(=O)=O)cc1. The average molecular weight is 372 g/mol. The van der Waals surface area contributed by atoms with E-state index >= 15 is 0 Å². The molecule has 0 saturated carbocycles. The van der Waals surface area contributed by atoms with Gasteiger partial charge in [-0.25, -0.2) is 22.3 Å². The summed E-state index contributed by atoms with van der Waals surface area (Å²) in [5, 5.41) is 7.02. The molecule has 1 atom stereocenters. The van der Waals surface area contributed by atoms with Crippen molar-refractivity contribution < 1.29 is 22.0 Å². The lowest BCUT2D eigenvalue weighted by molar-refractivity contribution is -0.115. The van der Waals surface area contributed by atoms with Crippen LogP contribution in [-0.4, -0.2) is 19.6 Å². The highest BCUT2D eigenvalue weighted by atomic mass is 32.2. The number of benzene rings is 2. The first kappa shape index (κ1) is 18.4.